The highest BCUT2D eigenvalue weighted by molar-refractivity contribution is 5.79. The van der Waals surface area contributed by atoms with Gasteiger partial charge in [0.05, 0.1) is 18.7 Å². The van der Waals surface area contributed by atoms with Gasteiger partial charge in [0.1, 0.15) is 6.04 Å². The van der Waals surface area contributed by atoms with Gasteiger partial charge in [-0.3, -0.25) is 9.69 Å². The molecule has 156 valence electrons. The minimum atomic E-state index is -0.232. The van der Waals surface area contributed by atoms with Crippen LogP contribution in [0.15, 0.2) is 47.6 Å². The van der Waals surface area contributed by atoms with E-state index in [1.165, 1.54) is 16.7 Å². The number of nitrogens with one attached hydrogen (secondary N) is 1. The van der Waals surface area contributed by atoms with Crippen LogP contribution in [0.2, 0.25) is 0 Å². The van der Waals surface area contributed by atoms with Crippen LogP contribution < -0.4 is 5.32 Å². The molecule has 5 rings (SSSR count). The highest BCUT2D eigenvalue weighted by Crippen LogP contribution is 2.43. The topological polar surface area (TPSA) is 59.4 Å². The first-order valence-corrected chi connectivity index (χ1v) is 11.4. The number of hydrogen-bond acceptors (Lipinski definition) is 4. The fourth-order valence-corrected chi connectivity index (χ4v) is 5.58. The van der Waals surface area contributed by atoms with Crippen molar-refractivity contribution in [3.8, 4) is 6.07 Å². The van der Waals surface area contributed by atoms with Crippen LogP contribution in [0.25, 0.3) is 0 Å². The molecule has 2 aliphatic carbocycles. The van der Waals surface area contributed by atoms with Gasteiger partial charge in [-0.25, -0.2) is 0 Å². The van der Waals surface area contributed by atoms with Gasteiger partial charge < -0.3 is 10.2 Å². The lowest BCUT2D eigenvalue weighted by Crippen LogP contribution is -2.60. The summed E-state index contributed by atoms with van der Waals surface area (Å²) < 4.78 is 0. The summed E-state index contributed by atoms with van der Waals surface area (Å²) in [5.41, 5.74) is 6.09. The lowest BCUT2D eigenvalue weighted by atomic mass is 9.85. The Morgan fingerprint density at radius 1 is 1.20 bits per heavy atom. The van der Waals surface area contributed by atoms with Gasteiger partial charge in [0.25, 0.3) is 0 Å². The molecule has 1 amide bonds. The van der Waals surface area contributed by atoms with Crippen molar-refractivity contribution in [1.82, 2.24) is 15.1 Å². The summed E-state index contributed by atoms with van der Waals surface area (Å²) in [7, 11) is 0. The second kappa shape index (κ2) is 8.37. The molecule has 1 aromatic carbocycles. The number of hydrogen-bond donors (Lipinski definition) is 1. The van der Waals surface area contributed by atoms with Crippen molar-refractivity contribution in [3.63, 3.8) is 0 Å². The highest BCUT2D eigenvalue weighted by Gasteiger charge is 2.38. The zero-order valence-corrected chi connectivity index (χ0v) is 17.5. The van der Waals surface area contributed by atoms with Gasteiger partial charge in [-0.2, -0.15) is 5.26 Å². The largest absolute Gasteiger partial charge is 0.326 e. The van der Waals surface area contributed by atoms with Crippen molar-refractivity contribution < 1.29 is 4.79 Å². The molecule has 2 fully saturated rings. The maximum atomic E-state index is 12.5. The Hall–Kier alpha value is -2.42. The summed E-state index contributed by atoms with van der Waals surface area (Å²) in [5, 5.41) is 12.7. The molecule has 2 atom stereocenters. The molecule has 0 saturated carbocycles. The van der Waals surface area contributed by atoms with E-state index in [1.54, 1.807) is 10.5 Å². The molecule has 5 nitrogen and oxygen atoms in total. The third-order valence-electron chi connectivity index (χ3n) is 7.19. The average Bonchev–Trinajstić information content (AvgIpc) is 3.17. The lowest BCUT2D eigenvalue weighted by Gasteiger charge is -2.46. The maximum Gasteiger partial charge on any atom is 0.237 e. The highest BCUT2D eigenvalue weighted by atomic mass is 16.2. The van der Waals surface area contributed by atoms with Crippen LogP contribution >= 0.6 is 0 Å². The van der Waals surface area contributed by atoms with Crippen LogP contribution in [0.3, 0.4) is 0 Å². The summed E-state index contributed by atoms with van der Waals surface area (Å²) >= 11 is 0. The van der Waals surface area contributed by atoms with Crippen LogP contribution in [0.1, 0.15) is 49.3 Å². The number of allylic oxidation sites excluding steroid dienone is 3. The van der Waals surface area contributed by atoms with Gasteiger partial charge in [-0.05, 0) is 60.8 Å². The Labute approximate surface area is 179 Å². The van der Waals surface area contributed by atoms with Crippen LogP contribution in [0.4, 0.5) is 0 Å². The van der Waals surface area contributed by atoms with Crippen molar-refractivity contribution in [2.24, 2.45) is 0 Å². The predicted octanol–water partition coefficient (Wildman–Crippen LogP) is 3.11. The molecular formula is C25H30N4O. The minimum Gasteiger partial charge on any atom is -0.326 e. The van der Waals surface area contributed by atoms with Gasteiger partial charge in [-0.1, -0.05) is 36.4 Å². The summed E-state index contributed by atoms with van der Waals surface area (Å²) in [6.45, 7) is 3.00. The quantitative estimate of drug-likeness (QED) is 0.841. The standard InChI is InChI=1S/C25H30N4O/c26-14-21-8-5-13-29(21)24(30)15-27-20-16-28(17-20)25-22-9-3-1-6-18(22)11-12-19-7-2-4-10-23(19)25/h1-3,6-7,9,20-21,25,27H,4-5,8,10-13,15-17H2/t21-,25?/m0/s1. The molecule has 1 N–H and O–H groups in total. The van der Waals surface area contributed by atoms with E-state index in [-0.39, 0.29) is 11.9 Å². The molecular weight excluding hydrogens is 372 g/mol. The molecule has 2 saturated heterocycles. The molecule has 2 heterocycles. The molecule has 2 aliphatic heterocycles. The Morgan fingerprint density at radius 3 is 2.93 bits per heavy atom. The first-order valence-electron chi connectivity index (χ1n) is 11.4. The Kier molecular flexibility index (Phi) is 5.45. The number of nitriles is 1. The van der Waals surface area contributed by atoms with Crippen molar-refractivity contribution >= 4 is 5.91 Å². The van der Waals surface area contributed by atoms with Crippen LogP contribution in [0, 0.1) is 11.3 Å². The molecule has 30 heavy (non-hydrogen) atoms. The van der Waals surface area contributed by atoms with Crippen molar-refractivity contribution in [2.75, 3.05) is 26.2 Å². The van der Waals surface area contributed by atoms with Crippen LogP contribution in [0.5, 0.6) is 0 Å². The molecule has 1 aromatic rings. The second-order valence-electron chi connectivity index (χ2n) is 9.00. The van der Waals surface area contributed by atoms with Crippen molar-refractivity contribution in [1.29, 1.82) is 5.26 Å². The van der Waals surface area contributed by atoms with Gasteiger partial charge in [0.15, 0.2) is 0 Å². The second-order valence-corrected chi connectivity index (χ2v) is 9.00. The van der Waals surface area contributed by atoms with E-state index >= 15 is 0 Å². The normalized spacial score (nSPS) is 26.6. The van der Waals surface area contributed by atoms with E-state index < -0.39 is 0 Å². The predicted molar refractivity (Wildman–Crippen MR) is 117 cm³/mol. The Morgan fingerprint density at radius 2 is 2.07 bits per heavy atom. The number of nitrogens with zero attached hydrogens (tertiary/aromatic N) is 3. The molecule has 0 bridgehead atoms. The fraction of sp³-hybridized carbons (Fsp3) is 0.520. The third-order valence-corrected chi connectivity index (χ3v) is 7.19. The minimum absolute atomic E-state index is 0.0692. The summed E-state index contributed by atoms with van der Waals surface area (Å²) in [6, 6.07) is 11.7. The fourth-order valence-electron chi connectivity index (χ4n) is 5.58. The number of fused-ring (bicyclic) bond motifs is 1. The van der Waals surface area contributed by atoms with Gasteiger partial charge in [0, 0.05) is 25.7 Å². The number of carbonyl (C=O) groups excluding carboxylic acids is 1. The molecule has 0 spiro atoms. The summed E-state index contributed by atoms with van der Waals surface area (Å²) in [4.78, 5) is 16.8. The van der Waals surface area contributed by atoms with E-state index in [9.17, 15) is 10.1 Å². The first-order chi connectivity index (χ1) is 14.7. The van der Waals surface area contributed by atoms with E-state index in [2.05, 4.69) is 52.7 Å². The third kappa shape index (κ3) is 3.59. The first kappa shape index (κ1) is 19.5. The number of likely N-dealkylation sites (tertiary alicyclic amines) is 2. The van der Waals surface area contributed by atoms with Gasteiger partial charge >= 0.3 is 0 Å². The van der Waals surface area contributed by atoms with E-state index in [4.69, 9.17) is 0 Å². The zero-order chi connectivity index (χ0) is 20.5. The Balaban J connectivity index is 1.25. The van der Waals surface area contributed by atoms with Crippen LogP contribution in [-0.4, -0.2) is 54.0 Å². The van der Waals surface area contributed by atoms with E-state index in [0.717, 1.165) is 58.2 Å². The zero-order valence-electron chi connectivity index (χ0n) is 17.5. The van der Waals surface area contributed by atoms with Crippen LogP contribution in [-0.2, 0) is 11.2 Å². The lowest BCUT2D eigenvalue weighted by molar-refractivity contribution is -0.130. The Bertz CT molecular complexity index is 921. The number of rotatable bonds is 4. The molecule has 5 heteroatoms. The van der Waals surface area contributed by atoms with Crippen molar-refractivity contribution in [2.45, 2.75) is 56.7 Å². The summed E-state index contributed by atoms with van der Waals surface area (Å²) in [6.07, 6.45) is 11.0. The smallest absolute Gasteiger partial charge is 0.237 e. The van der Waals surface area contributed by atoms with E-state index in [0.29, 0.717) is 18.6 Å². The number of carbonyl (C=O) groups is 1. The van der Waals surface area contributed by atoms with E-state index in [1.807, 2.05) is 0 Å². The number of amides is 1. The average molecular weight is 403 g/mol. The number of aryl methyl sites for hydroxylation is 1. The molecule has 0 aromatic heterocycles. The maximum absolute atomic E-state index is 12.5. The summed E-state index contributed by atoms with van der Waals surface area (Å²) in [5.74, 6) is 0.0692. The van der Waals surface area contributed by atoms with Gasteiger partial charge in [0.2, 0.25) is 5.91 Å². The van der Waals surface area contributed by atoms with Gasteiger partial charge in [-0.15, -0.1) is 0 Å². The molecule has 1 unspecified atom stereocenters. The van der Waals surface area contributed by atoms with Crippen molar-refractivity contribution in [3.05, 3.63) is 58.7 Å². The molecule has 0 radical (unpaired) electrons. The SMILES string of the molecule is N#C[C@@H]1CCCN1C(=O)CNC1CN(C2C3=C(C=CCC3)CCc3ccccc32)C1. The molecule has 4 aliphatic rings. The monoisotopic (exact) mass is 402 g/mol. The number of benzene rings is 1.